The van der Waals surface area contributed by atoms with E-state index in [1.807, 2.05) is 24.3 Å². The highest BCUT2D eigenvalue weighted by molar-refractivity contribution is 5.77. The van der Waals surface area contributed by atoms with Crippen LogP contribution in [0.25, 0.3) is 22.4 Å². The molecule has 0 amide bonds. The highest BCUT2D eigenvalue weighted by Gasteiger charge is 2.46. The molecule has 7 nitrogen and oxygen atoms in total. The van der Waals surface area contributed by atoms with Crippen LogP contribution in [0.5, 0.6) is 11.6 Å². The predicted molar refractivity (Wildman–Crippen MR) is 127 cm³/mol. The highest BCUT2D eigenvalue weighted by Crippen LogP contribution is 2.47. The molecule has 3 aromatic heterocycles. The number of benzene rings is 1. The molecule has 1 atom stereocenters. The second-order valence-electron chi connectivity index (χ2n) is 9.38. The Kier molecular flexibility index (Phi) is 4.58. The Morgan fingerprint density at radius 3 is 2.88 bits per heavy atom. The first kappa shape index (κ1) is 20.0. The fraction of sp³-hybridized carbons (Fsp3) is 0.370. The first-order valence-electron chi connectivity index (χ1n) is 12.1. The molecule has 4 aromatic rings. The van der Waals surface area contributed by atoms with Gasteiger partial charge in [0.2, 0.25) is 5.88 Å². The fourth-order valence-electron chi connectivity index (χ4n) is 5.67. The lowest BCUT2D eigenvalue weighted by molar-refractivity contribution is 0.0237. The molecule has 34 heavy (non-hydrogen) atoms. The zero-order valence-corrected chi connectivity index (χ0v) is 18.9. The number of ether oxygens (including phenoxy) is 3. The van der Waals surface area contributed by atoms with Crippen LogP contribution < -0.4 is 9.47 Å². The van der Waals surface area contributed by atoms with Gasteiger partial charge < -0.3 is 14.2 Å². The fourth-order valence-corrected chi connectivity index (χ4v) is 5.67. The Bertz CT molecular complexity index is 1380. The average molecular weight is 455 g/mol. The van der Waals surface area contributed by atoms with E-state index in [4.69, 9.17) is 24.2 Å². The Hall–Kier alpha value is -3.45. The normalized spacial score (nSPS) is 21.9. The van der Waals surface area contributed by atoms with Crippen LogP contribution in [-0.4, -0.2) is 45.4 Å². The zero-order valence-electron chi connectivity index (χ0n) is 18.9. The molecule has 1 fully saturated rings. The second-order valence-corrected chi connectivity index (χ2v) is 9.38. The Morgan fingerprint density at radius 1 is 1.03 bits per heavy atom. The molecule has 7 rings (SSSR count). The minimum absolute atomic E-state index is 0.149. The number of hydrogen-bond acceptors (Lipinski definition) is 6. The van der Waals surface area contributed by atoms with Crippen LogP contribution in [0, 0.1) is 0 Å². The van der Waals surface area contributed by atoms with E-state index in [0.717, 1.165) is 79.3 Å². The van der Waals surface area contributed by atoms with Crippen molar-refractivity contribution >= 4 is 11.2 Å². The molecule has 172 valence electrons. The van der Waals surface area contributed by atoms with Gasteiger partial charge >= 0.3 is 0 Å². The van der Waals surface area contributed by atoms with Gasteiger partial charge in [0.05, 0.1) is 18.9 Å². The van der Waals surface area contributed by atoms with Gasteiger partial charge in [-0.25, -0.2) is 15.0 Å². The standard InChI is InChI=1S/C27H26N4O3/c1-2-5-23-20(4-1)27(17-33-23)12-3-6-24-29-22-8-7-21(30-26(22)31(24)27)18-9-13-28-25(16-18)34-19-10-14-32-15-11-19/h1-2,4-5,7-9,13,16,19H,3,6,10-12,14-15,17H2. The maximum absolute atomic E-state index is 6.16. The Labute approximate surface area is 197 Å². The number of imidazole rings is 1. The van der Waals surface area contributed by atoms with Crippen LogP contribution in [-0.2, 0) is 16.7 Å². The minimum Gasteiger partial charge on any atom is -0.490 e. The van der Waals surface area contributed by atoms with Gasteiger partial charge in [-0.15, -0.1) is 0 Å². The van der Waals surface area contributed by atoms with Crippen molar-refractivity contribution in [2.45, 2.75) is 43.7 Å². The molecule has 1 unspecified atom stereocenters. The number of fused-ring (bicyclic) bond motifs is 6. The minimum atomic E-state index is -0.250. The summed E-state index contributed by atoms with van der Waals surface area (Å²) in [4.78, 5) is 14.6. The molecule has 0 saturated carbocycles. The molecular weight excluding hydrogens is 428 g/mol. The van der Waals surface area contributed by atoms with E-state index in [1.54, 1.807) is 6.20 Å². The maximum atomic E-state index is 6.16. The monoisotopic (exact) mass is 454 g/mol. The second kappa shape index (κ2) is 7.81. The van der Waals surface area contributed by atoms with Crippen LogP contribution in [0.4, 0.5) is 0 Å². The van der Waals surface area contributed by atoms with Crippen molar-refractivity contribution in [3.63, 3.8) is 0 Å². The van der Waals surface area contributed by atoms with E-state index >= 15 is 0 Å². The van der Waals surface area contributed by atoms with Gasteiger partial charge in [0.15, 0.2) is 5.65 Å². The average Bonchev–Trinajstić information content (AvgIpc) is 3.44. The van der Waals surface area contributed by atoms with Crippen molar-refractivity contribution in [2.75, 3.05) is 19.8 Å². The Balaban J connectivity index is 1.31. The third-order valence-electron chi connectivity index (χ3n) is 7.33. The number of aryl methyl sites for hydroxylation is 1. The lowest BCUT2D eigenvalue weighted by Gasteiger charge is -2.35. The molecule has 1 spiro atoms. The highest BCUT2D eigenvalue weighted by atomic mass is 16.5. The number of hydrogen-bond donors (Lipinski definition) is 0. The van der Waals surface area contributed by atoms with Crippen LogP contribution in [0.3, 0.4) is 0 Å². The molecule has 3 aliphatic rings. The van der Waals surface area contributed by atoms with Gasteiger partial charge in [-0.2, -0.15) is 0 Å². The van der Waals surface area contributed by atoms with E-state index in [2.05, 4.69) is 33.8 Å². The summed E-state index contributed by atoms with van der Waals surface area (Å²) in [6, 6.07) is 16.5. The van der Waals surface area contributed by atoms with Gasteiger partial charge in [0.25, 0.3) is 0 Å². The topological polar surface area (TPSA) is 71.3 Å². The van der Waals surface area contributed by atoms with Crippen LogP contribution in [0.2, 0.25) is 0 Å². The van der Waals surface area contributed by atoms with Crippen molar-refractivity contribution in [2.24, 2.45) is 0 Å². The number of para-hydroxylation sites is 1. The van der Waals surface area contributed by atoms with Gasteiger partial charge in [-0.05, 0) is 37.1 Å². The van der Waals surface area contributed by atoms with Crippen molar-refractivity contribution < 1.29 is 14.2 Å². The molecule has 6 heterocycles. The molecule has 1 aromatic carbocycles. The van der Waals surface area contributed by atoms with Crippen LogP contribution in [0.15, 0.2) is 54.7 Å². The first-order chi connectivity index (χ1) is 16.8. The number of pyridine rings is 2. The molecule has 1 saturated heterocycles. The lowest BCUT2D eigenvalue weighted by Crippen LogP contribution is -2.40. The van der Waals surface area contributed by atoms with Crippen molar-refractivity contribution in [3.05, 3.63) is 66.1 Å². The van der Waals surface area contributed by atoms with Crippen LogP contribution >= 0.6 is 0 Å². The quantitative estimate of drug-likeness (QED) is 0.453. The van der Waals surface area contributed by atoms with Crippen molar-refractivity contribution in [1.82, 2.24) is 19.5 Å². The molecule has 0 aliphatic carbocycles. The summed E-state index contributed by atoms with van der Waals surface area (Å²) in [6.45, 7) is 2.10. The molecule has 3 aliphatic heterocycles. The SMILES string of the molecule is c1ccc2c(c1)OCC21CCCc2nc3ccc(-c4ccnc(OC5CCOCC5)c4)nc3n21. The summed E-state index contributed by atoms with van der Waals surface area (Å²) in [6.07, 6.45) is 6.79. The largest absolute Gasteiger partial charge is 0.490 e. The molecule has 0 radical (unpaired) electrons. The number of aromatic nitrogens is 4. The summed E-state index contributed by atoms with van der Waals surface area (Å²) in [7, 11) is 0. The zero-order chi connectivity index (χ0) is 22.5. The van der Waals surface area contributed by atoms with Crippen LogP contribution in [0.1, 0.15) is 37.1 Å². The van der Waals surface area contributed by atoms with E-state index in [9.17, 15) is 0 Å². The summed E-state index contributed by atoms with van der Waals surface area (Å²) in [5.41, 5.74) is 4.71. The molecule has 7 heteroatoms. The number of nitrogens with zero attached hydrogens (tertiary/aromatic N) is 4. The number of rotatable bonds is 3. The summed E-state index contributed by atoms with van der Waals surface area (Å²) in [5.74, 6) is 2.69. The summed E-state index contributed by atoms with van der Waals surface area (Å²) >= 11 is 0. The molecule has 0 bridgehead atoms. The van der Waals surface area contributed by atoms with Gasteiger partial charge in [0, 0.05) is 42.7 Å². The predicted octanol–water partition coefficient (Wildman–Crippen LogP) is 4.52. The van der Waals surface area contributed by atoms with E-state index in [0.29, 0.717) is 12.5 Å². The summed E-state index contributed by atoms with van der Waals surface area (Å²) in [5, 5.41) is 0. The smallest absolute Gasteiger partial charge is 0.214 e. The lowest BCUT2D eigenvalue weighted by atomic mass is 9.83. The Morgan fingerprint density at radius 2 is 1.94 bits per heavy atom. The summed E-state index contributed by atoms with van der Waals surface area (Å²) < 4.78 is 20.1. The van der Waals surface area contributed by atoms with E-state index in [-0.39, 0.29) is 11.6 Å². The third-order valence-corrected chi connectivity index (χ3v) is 7.33. The van der Waals surface area contributed by atoms with Crippen molar-refractivity contribution in [1.29, 1.82) is 0 Å². The third kappa shape index (κ3) is 3.10. The van der Waals surface area contributed by atoms with Gasteiger partial charge in [-0.3, -0.25) is 4.57 Å². The van der Waals surface area contributed by atoms with Crippen molar-refractivity contribution in [3.8, 4) is 22.9 Å². The van der Waals surface area contributed by atoms with Gasteiger partial charge in [-0.1, -0.05) is 18.2 Å². The first-order valence-corrected chi connectivity index (χ1v) is 12.1. The maximum Gasteiger partial charge on any atom is 0.214 e. The van der Waals surface area contributed by atoms with E-state index in [1.165, 1.54) is 5.56 Å². The van der Waals surface area contributed by atoms with E-state index < -0.39 is 0 Å². The van der Waals surface area contributed by atoms with Gasteiger partial charge in [0.1, 0.15) is 35.3 Å². The molecular formula is C27H26N4O3. The molecule has 0 N–H and O–H groups in total.